The lowest BCUT2D eigenvalue weighted by Gasteiger charge is -2.12. The van der Waals surface area contributed by atoms with Gasteiger partial charge in [0.2, 0.25) is 0 Å². The van der Waals surface area contributed by atoms with E-state index in [0.717, 1.165) is 16.3 Å². The fourth-order valence-electron chi connectivity index (χ4n) is 2.75. The van der Waals surface area contributed by atoms with Crippen LogP contribution in [0.2, 0.25) is 0 Å². The Labute approximate surface area is 170 Å². The summed E-state index contributed by atoms with van der Waals surface area (Å²) in [6, 6.07) is 7.12. The van der Waals surface area contributed by atoms with Gasteiger partial charge in [-0.1, -0.05) is 23.9 Å². The summed E-state index contributed by atoms with van der Waals surface area (Å²) in [5, 5.41) is 0.479. The van der Waals surface area contributed by atoms with Crippen LogP contribution in [0.1, 0.15) is 6.92 Å². The molecule has 2 aromatic heterocycles. The number of rotatable bonds is 6. The van der Waals surface area contributed by atoms with Crippen molar-refractivity contribution in [2.45, 2.75) is 11.9 Å². The van der Waals surface area contributed by atoms with Crippen LogP contribution in [-0.4, -0.2) is 44.5 Å². The second kappa shape index (κ2) is 8.48. The van der Waals surface area contributed by atoms with Gasteiger partial charge in [-0.25, -0.2) is 14.8 Å². The van der Waals surface area contributed by atoms with Crippen molar-refractivity contribution in [3.05, 3.63) is 45.1 Å². The van der Waals surface area contributed by atoms with Gasteiger partial charge < -0.3 is 9.47 Å². The molecule has 0 bridgehead atoms. The fourth-order valence-corrected chi connectivity index (χ4v) is 3.57. The minimum atomic E-state index is -0.522. The summed E-state index contributed by atoms with van der Waals surface area (Å²) in [6.45, 7) is 1.98. The lowest BCUT2D eigenvalue weighted by Crippen LogP contribution is -2.37. The molecule has 3 aromatic rings. The van der Waals surface area contributed by atoms with Crippen molar-refractivity contribution in [3.63, 3.8) is 0 Å². The number of hydrogen-bond donors (Lipinski definition) is 0. The van der Waals surface area contributed by atoms with E-state index in [4.69, 9.17) is 9.47 Å². The minimum absolute atomic E-state index is 0.0243. The van der Waals surface area contributed by atoms with E-state index in [1.165, 1.54) is 18.7 Å². The standard InChI is InChI=1S/C19H20N4O5S/c1-5-28-13(24)10-29-17-14-16(22(2)19(26)23(3)18(14)25)20-15(21-17)11-7-6-8-12(9-11)27-4/h6-9H,5,10H2,1-4H3. The topological polar surface area (TPSA) is 105 Å². The first kappa shape index (κ1) is 20.6. The number of nitrogens with zero attached hydrogens (tertiary/aromatic N) is 4. The molecule has 0 aliphatic carbocycles. The molecule has 0 atom stereocenters. The van der Waals surface area contributed by atoms with Crippen molar-refractivity contribution in [1.82, 2.24) is 19.1 Å². The summed E-state index contributed by atoms with van der Waals surface area (Å²) in [5.41, 5.74) is -0.180. The van der Waals surface area contributed by atoms with Crippen molar-refractivity contribution in [1.29, 1.82) is 0 Å². The normalized spacial score (nSPS) is 10.9. The molecule has 0 N–H and O–H groups in total. The number of aryl methyl sites for hydroxylation is 1. The maximum Gasteiger partial charge on any atom is 0.332 e. The molecule has 0 saturated heterocycles. The van der Waals surface area contributed by atoms with Crippen LogP contribution in [-0.2, 0) is 23.6 Å². The van der Waals surface area contributed by atoms with Crippen LogP contribution in [0.15, 0.2) is 38.9 Å². The smallest absolute Gasteiger partial charge is 0.332 e. The molecular formula is C19H20N4O5S. The number of carbonyl (C=O) groups excluding carboxylic acids is 1. The quantitative estimate of drug-likeness (QED) is 0.337. The highest BCUT2D eigenvalue weighted by atomic mass is 32.2. The Balaban J connectivity index is 2.25. The maximum atomic E-state index is 12.8. The molecule has 2 heterocycles. The fraction of sp³-hybridized carbons (Fsp3) is 0.316. The molecule has 0 radical (unpaired) electrons. The molecule has 29 heavy (non-hydrogen) atoms. The molecule has 9 nitrogen and oxygen atoms in total. The summed E-state index contributed by atoms with van der Waals surface area (Å²) >= 11 is 1.07. The van der Waals surface area contributed by atoms with Crippen molar-refractivity contribution >= 4 is 28.8 Å². The van der Waals surface area contributed by atoms with Crippen molar-refractivity contribution in [3.8, 4) is 17.1 Å². The average molecular weight is 416 g/mol. The summed E-state index contributed by atoms with van der Waals surface area (Å²) in [4.78, 5) is 45.9. The van der Waals surface area contributed by atoms with Crippen LogP contribution in [0.4, 0.5) is 0 Å². The van der Waals surface area contributed by atoms with E-state index in [9.17, 15) is 14.4 Å². The van der Waals surface area contributed by atoms with Crippen LogP contribution in [0.5, 0.6) is 5.75 Å². The van der Waals surface area contributed by atoms with Gasteiger partial charge >= 0.3 is 11.7 Å². The number of ether oxygens (including phenoxy) is 2. The predicted octanol–water partition coefficient (Wildman–Crippen LogP) is 1.36. The minimum Gasteiger partial charge on any atom is -0.497 e. The molecule has 3 rings (SSSR count). The number of benzene rings is 1. The van der Waals surface area contributed by atoms with Crippen molar-refractivity contribution in [2.24, 2.45) is 14.1 Å². The van der Waals surface area contributed by atoms with Crippen molar-refractivity contribution in [2.75, 3.05) is 19.5 Å². The summed E-state index contributed by atoms with van der Waals surface area (Å²) in [6.07, 6.45) is 0. The number of carbonyl (C=O) groups is 1. The van der Waals surface area contributed by atoms with Crippen LogP contribution < -0.4 is 16.0 Å². The molecule has 0 spiro atoms. The third-order valence-electron chi connectivity index (χ3n) is 4.23. The first-order chi connectivity index (χ1) is 13.9. The van der Waals surface area contributed by atoms with Gasteiger partial charge in [0.1, 0.15) is 16.2 Å². The second-order valence-electron chi connectivity index (χ2n) is 6.08. The number of methoxy groups -OCH3 is 1. The molecule has 10 heteroatoms. The monoisotopic (exact) mass is 416 g/mol. The molecular weight excluding hydrogens is 396 g/mol. The lowest BCUT2D eigenvalue weighted by atomic mass is 10.2. The van der Waals surface area contributed by atoms with E-state index in [2.05, 4.69) is 9.97 Å². The summed E-state index contributed by atoms with van der Waals surface area (Å²) in [7, 11) is 4.47. The lowest BCUT2D eigenvalue weighted by molar-refractivity contribution is -0.139. The van der Waals surface area contributed by atoms with Crippen molar-refractivity contribution < 1.29 is 14.3 Å². The Morgan fingerprint density at radius 3 is 2.62 bits per heavy atom. The van der Waals surface area contributed by atoms with E-state index in [1.54, 1.807) is 38.3 Å². The van der Waals surface area contributed by atoms with E-state index in [1.807, 2.05) is 0 Å². The highest BCUT2D eigenvalue weighted by Crippen LogP contribution is 2.27. The van der Waals surface area contributed by atoms with Gasteiger partial charge in [0.15, 0.2) is 11.5 Å². The Kier molecular flexibility index (Phi) is 6.02. The summed E-state index contributed by atoms with van der Waals surface area (Å²) < 4.78 is 12.5. The third-order valence-corrected chi connectivity index (χ3v) is 5.18. The Hall–Kier alpha value is -3.14. The summed E-state index contributed by atoms with van der Waals surface area (Å²) in [5.74, 6) is 0.480. The zero-order valence-corrected chi connectivity index (χ0v) is 17.3. The molecule has 152 valence electrons. The van der Waals surface area contributed by atoms with E-state index >= 15 is 0 Å². The molecule has 0 amide bonds. The Morgan fingerprint density at radius 2 is 1.93 bits per heavy atom. The number of fused-ring (bicyclic) bond motifs is 1. The van der Waals surface area contributed by atoms with Crippen LogP contribution in [0.3, 0.4) is 0 Å². The van der Waals surface area contributed by atoms with Gasteiger partial charge in [0.05, 0.1) is 19.5 Å². The highest BCUT2D eigenvalue weighted by Gasteiger charge is 2.19. The molecule has 0 saturated carbocycles. The van der Waals surface area contributed by atoms with Gasteiger partial charge in [0, 0.05) is 19.7 Å². The van der Waals surface area contributed by atoms with Gasteiger partial charge in [0.25, 0.3) is 5.56 Å². The predicted molar refractivity (Wildman–Crippen MR) is 109 cm³/mol. The first-order valence-electron chi connectivity index (χ1n) is 8.78. The molecule has 0 aliphatic rings. The maximum absolute atomic E-state index is 12.8. The first-order valence-corrected chi connectivity index (χ1v) is 9.76. The van der Waals surface area contributed by atoms with Crippen LogP contribution in [0.25, 0.3) is 22.4 Å². The zero-order chi connectivity index (χ0) is 21.1. The average Bonchev–Trinajstić information content (AvgIpc) is 2.74. The highest BCUT2D eigenvalue weighted by molar-refractivity contribution is 8.00. The van der Waals surface area contributed by atoms with Gasteiger partial charge in [-0.2, -0.15) is 0 Å². The van der Waals surface area contributed by atoms with E-state index < -0.39 is 17.2 Å². The van der Waals surface area contributed by atoms with Gasteiger partial charge in [-0.05, 0) is 19.1 Å². The molecule has 0 unspecified atom stereocenters. The zero-order valence-electron chi connectivity index (χ0n) is 16.5. The number of aromatic nitrogens is 4. The number of thioether (sulfide) groups is 1. The second-order valence-corrected chi connectivity index (χ2v) is 7.05. The number of esters is 1. The Bertz CT molecular complexity index is 1200. The number of hydrogen-bond acceptors (Lipinski definition) is 8. The Morgan fingerprint density at radius 1 is 1.17 bits per heavy atom. The van der Waals surface area contributed by atoms with Gasteiger partial charge in [-0.15, -0.1) is 0 Å². The van der Waals surface area contributed by atoms with Crippen LogP contribution >= 0.6 is 11.8 Å². The third kappa shape index (κ3) is 4.02. The largest absolute Gasteiger partial charge is 0.497 e. The van der Waals surface area contributed by atoms with Gasteiger partial charge in [-0.3, -0.25) is 18.7 Å². The SMILES string of the molecule is CCOC(=O)CSc1nc(-c2cccc(OC)c2)nc2c1c(=O)n(C)c(=O)n2C. The van der Waals surface area contributed by atoms with Crippen LogP contribution in [0, 0.1) is 0 Å². The van der Waals surface area contributed by atoms with E-state index in [0.29, 0.717) is 22.2 Å². The molecule has 0 aliphatic heterocycles. The van der Waals surface area contributed by atoms with E-state index in [-0.39, 0.29) is 23.4 Å². The molecule has 0 fully saturated rings. The molecule has 1 aromatic carbocycles.